The third kappa shape index (κ3) is 5.16. The Morgan fingerprint density at radius 3 is 1.48 bits per heavy atom. The molecule has 0 saturated heterocycles. The van der Waals surface area contributed by atoms with Gasteiger partial charge in [0.1, 0.15) is 0 Å². The summed E-state index contributed by atoms with van der Waals surface area (Å²) in [6.07, 6.45) is 0. The summed E-state index contributed by atoms with van der Waals surface area (Å²) < 4.78 is 2.63. The highest BCUT2D eigenvalue weighted by Crippen LogP contribution is 2.46. The Morgan fingerprint density at radius 2 is 0.769 bits per heavy atom. The summed E-state index contributed by atoms with van der Waals surface area (Å²) in [6.45, 7) is 0. The maximum Gasteiger partial charge on any atom is 0.0468 e. The van der Waals surface area contributed by atoms with E-state index in [1.807, 2.05) is 11.3 Å². The molecule has 1 aromatic heterocycles. The molecule has 10 rings (SSSR count). The van der Waals surface area contributed by atoms with E-state index in [2.05, 4.69) is 205 Å². The van der Waals surface area contributed by atoms with Crippen LogP contribution in [0.25, 0.3) is 75.1 Å². The van der Waals surface area contributed by atoms with E-state index >= 15 is 0 Å². The second-order valence-corrected chi connectivity index (χ2v) is 14.4. The molecule has 0 fully saturated rings. The van der Waals surface area contributed by atoms with Crippen LogP contribution in [0.5, 0.6) is 0 Å². The van der Waals surface area contributed by atoms with Crippen molar-refractivity contribution in [2.45, 2.75) is 0 Å². The zero-order chi connectivity index (χ0) is 34.4. The first kappa shape index (κ1) is 30.4. The van der Waals surface area contributed by atoms with Crippen LogP contribution < -0.4 is 4.90 Å². The average Bonchev–Trinajstić information content (AvgIpc) is 3.60. The van der Waals surface area contributed by atoms with Gasteiger partial charge in [-0.1, -0.05) is 146 Å². The van der Waals surface area contributed by atoms with E-state index < -0.39 is 0 Å². The van der Waals surface area contributed by atoms with Crippen molar-refractivity contribution in [3.05, 3.63) is 200 Å². The topological polar surface area (TPSA) is 3.24 Å². The van der Waals surface area contributed by atoms with Crippen molar-refractivity contribution in [2.24, 2.45) is 0 Å². The molecule has 0 spiro atoms. The first-order valence-electron chi connectivity index (χ1n) is 17.8. The number of thiophene rings is 1. The van der Waals surface area contributed by atoms with Crippen LogP contribution in [-0.2, 0) is 0 Å². The zero-order valence-corrected chi connectivity index (χ0v) is 29.2. The fourth-order valence-electron chi connectivity index (χ4n) is 7.86. The Labute approximate surface area is 307 Å². The van der Waals surface area contributed by atoms with Crippen LogP contribution in [-0.4, -0.2) is 0 Å². The summed E-state index contributed by atoms with van der Waals surface area (Å²) in [7, 11) is 0. The minimum atomic E-state index is 1.12. The summed E-state index contributed by atoms with van der Waals surface area (Å²) in [5, 5.41) is 7.66. The zero-order valence-electron chi connectivity index (χ0n) is 28.4. The number of rotatable bonds is 6. The molecule has 0 atom stereocenters. The largest absolute Gasteiger partial charge is 0.310 e. The number of hydrogen-bond donors (Lipinski definition) is 0. The first-order chi connectivity index (χ1) is 25.8. The molecule has 0 saturated carbocycles. The highest BCUT2D eigenvalue weighted by molar-refractivity contribution is 7.25. The number of nitrogens with zero attached hydrogens (tertiary/aromatic N) is 1. The first-order valence-corrected chi connectivity index (χ1v) is 18.6. The van der Waals surface area contributed by atoms with Gasteiger partial charge in [0.2, 0.25) is 0 Å². The molecule has 10 aromatic rings. The SMILES string of the molecule is c1ccc(-c2c(-c3ccccc3)c3cc(-c4ccc(N(c5ccccc5)c5ccc6sc7ccccc7c6c5)cc4)ccc3c3ccccc23)cc1. The van der Waals surface area contributed by atoms with Crippen LogP contribution in [0.2, 0.25) is 0 Å². The van der Waals surface area contributed by atoms with Crippen molar-refractivity contribution in [3.8, 4) is 33.4 Å². The van der Waals surface area contributed by atoms with E-state index in [1.165, 1.54) is 75.1 Å². The van der Waals surface area contributed by atoms with Crippen LogP contribution >= 0.6 is 11.3 Å². The highest BCUT2D eigenvalue weighted by atomic mass is 32.1. The van der Waals surface area contributed by atoms with Crippen LogP contribution in [0.1, 0.15) is 0 Å². The molecule has 1 nitrogen and oxygen atoms in total. The molecule has 1 heterocycles. The van der Waals surface area contributed by atoms with E-state index in [4.69, 9.17) is 0 Å². The maximum atomic E-state index is 2.40. The minimum Gasteiger partial charge on any atom is -0.310 e. The van der Waals surface area contributed by atoms with Gasteiger partial charge in [-0.05, 0) is 110 Å². The standard InChI is InChI=1S/C50H33NS/c1-4-14-35(15-5-1)49-44-22-11-10-20-41(44)42-30-26-37(32-46(42)50(49)36-16-6-2-7-17-36)34-24-27-39(28-25-34)51(38-18-8-3-9-19-38)40-29-31-48-45(33-40)43-21-12-13-23-47(43)52-48/h1-33H. The molecule has 0 N–H and O–H groups in total. The van der Waals surface area contributed by atoms with E-state index in [1.54, 1.807) is 0 Å². The summed E-state index contributed by atoms with van der Waals surface area (Å²) in [6, 6.07) is 72.9. The summed E-state index contributed by atoms with van der Waals surface area (Å²) in [5.74, 6) is 0. The van der Waals surface area contributed by atoms with Gasteiger partial charge in [-0.15, -0.1) is 11.3 Å². The fraction of sp³-hybridized carbons (Fsp3) is 0. The maximum absolute atomic E-state index is 2.40. The summed E-state index contributed by atoms with van der Waals surface area (Å²) in [5.41, 5.74) is 10.8. The van der Waals surface area contributed by atoms with Gasteiger partial charge in [0.15, 0.2) is 0 Å². The predicted molar refractivity (Wildman–Crippen MR) is 225 cm³/mol. The van der Waals surface area contributed by atoms with E-state index in [0.717, 1.165) is 17.1 Å². The minimum absolute atomic E-state index is 1.12. The molecular weight excluding hydrogens is 647 g/mol. The predicted octanol–water partition coefficient (Wildman–Crippen LogP) is 14.8. The van der Waals surface area contributed by atoms with E-state index in [9.17, 15) is 0 Å². The van der Waals surface area contributed by atoms with Gasteiger partial charge >= 0.3 is 0 Å². The Morgan fingerprint density at radius 1 is 0.269 bits per heavy atom. The number of benzene rings is 9. The second-order valence-electron chi connectivity index (χ2n) is 13.3. The van der Waals surface area contributed by atoms with Crippen LogP contribution in [0.15, 0.2) is 200 Å². The summed E-state index contributed by atoms with van der Waals surface area (Å²) in [4.78, 5) is 2.36. The van der Waals surface area contributed by atoms with Gasteiger partial charge in [-0.3, -0.25) is 0 Å². The van der Waals surface area contributed by atoms with E-state index in [-0.39, 0.29) is 0 Å². The quantitative estimate of drug-likeness (QED) is 0.158. The molecule has 0 radical (unpaired) electrons. The number of para-hydroxylation sites is 1. The van der Waals surface area contributed by atoms with Gasteiger partial charge in [0, 0.05) is 37.2 Å². The lowest BCUT2D eigenvalue weighted by Gasteiger charge is -2.26. The molecular formula is C50H33NS. The Hall–Kier alpha value is -6.48. The molecule has 0 aliphatic rings. The van der Waals surface area contributed by atoms with Gasteiger partial charge in [0.05, 0.1) is 0 Å². The fourth-order valence-corrected chi connectivity index (χ4v) is 8.95. The molecule has 244 valence electrons. The average molecular weight is 680 g/mol. The van der Waals surface area contributed by atoms with Crippen LogP contribution in [0.4, 0.5) is 17.1 Å². The highest BCUT2D eigenvalue weighted by Gasteiger charge is 2.19. The van der Waals surface area contributed by atoms with Gasteiger partial charge in [-0.2, -0.15) is 0 Å². The lowest BCUT2D eigenvalue weighted by molar-refractivity contribution is 1.29. The number of hydrogen-bond acceptors (Lipinski definition) is 2. The molecule has 52 heavy (non-hydrogen) atoms. The van der Waals surface area contributed by atoms with Gasteiger partial charge in [0.25, 0.3) is 0 Å². The molecule has 2 heteroatoms. The van der Waals surface area contributed by atoms with Crippen LogP contribution in [0, 0.1) is 0 Å². The van der Waals surface area contributed by atoms with Crippen molar-refractivity contribution < 1.29 is 0 Å². The molecule has 0 amide bonds. The third-order valence-corrected chi connectivity index (χ3v) is 11.4. The van der Waals surface area contributed by atoms with Crippen molar-refractivity contribution in [2.75, 3.05) is 4.90 Å². The molecule has 0 aliphatic carbocycles. The summed E-state index contributed by atoms with van der Waals surface area (Å²) >= 11 is 1.85. The Bertz CT molecular complexity index is 2870. The smallest absolute Gasteiger partial charge is 0.0468 e. The lowest BCUT2D eigenvalue weighted by atomic mass is 9.84. The number of fused-ring (bicyclic) bond motifs is 6. The molecule has 0 aliphatic heterocycles. The number of anilines is 3. The van der Waals surface area contributed by atoms with Crippen molar-refractivity contribution >= 4 is 70.1 Å². The van der Waals surface area contributed by atoms with Gasteiger partial charge < -0.3 is 4.90 Å². The Balaban J connectivity index is 1.13. The van der Waals surface area contributed by atoms with E-state index in [0.29, 0.717) is 0 Å². The Kier molecular flexibility index (Phi) is 7.41. The molecule has 0 unspecified atom stereocenters. The van der Waals surface area contributed by atoms with Crippen molar-refractivity contribution in [1.82, 2.24) is 0 Å². The van der Waals surface area contributed by atoms with Gasteiger partial charge in [-0.25, -0.2) is 0 Å². The lowest BCUT2D eigenvalue weighted by Crippen LogP contribution is -2.09. The molecule has 0 bridgehead atoms. The van der Waals surface area contributed by atoms with Crippen molar-refractivity contribution in [1.29, 1.82) is 0 Å². The van der Waals surface area contributed by atoms with Crippen LogP contribution in [0.3, 0.4) is 0 Å². The molecule has 9 aromatic carbocycles. The second kappa shape index (κ2) is 12.7. The van der Waals surface area contributed by atoms with Crippen molar-refractivity contribution in [3.63, 3.8) is 0 Å². The third-order valence-electron chi connectivity index (χ3n) is 10.2. The normalized spacial score (nSPS) is 11.5. The monoisotopic (exact) mass is 679 g/mol.